The molecule has 0 spiro atoms. The van der Waals surface area contributed by atoms with E-state index in [-0.39, 0.29) is 22.5 Å². The van der Waals surface area contributed by atoms with E-state index in [4.69, 9.17) is 0 Å². The Balaban J connectivity index is 1.71. The van der Waals surface area contributed by atoms with E-state index < -0.39 is 6.17 Å². The highest BCUT2D eigenvalue weighted by Gasteiger charge is 2.61. The van der Waals surface area contributed by atoms with E-state index in [1.165, 1.54) is 0 Å². The van der Waals surface area contributed by atoms with Crippen LogP contribution >= 0.6 is 0 Å². The zero-order valence-corrected chi connectivity index (χ0v) is 15.1. The van der Waals surface area contributed by atoms with Gasteiger partial charge in [-0.25, -0.2) is 4.39 Å². The van der Waals surface area contributed by atoms with E-state index in [0.29, 0.717) is 36.4 Å². The van der Waals surface area contributed by atoms with Gasteiger partial charge in [0.25, 0.3) is 0 Å². The number of halogens is 1. The number of hydrogen-bond donors (Lipinski definition) is 0. The van der Waals surface area contributed by atoms with Gasteiger partial charge in [0.1, 0.15) is 12.0 Å². The highest BCUT2D eigenvalue weighted by atomic mass is 19.1. The van der Waals surface area contributed by atoms with Gasteiger partial charge in [-0.1, -0.05) is 13.8 Å². The molecule has 0 amide bonds. The molecule has 0 radical (unpaired) electrons. The summed E-state index contributed by atoms with van der Waals surface area (Å²) >= 11 is 0. The second-order valence-electron chi connectivity index (χ2n) is 9.35. The fourth-order valence-electron chi connectivity index (χ4n) is 7.23. The number of carbonyl (C=O) groups is 2. The van der Waals surface area contributed by atoms with Crippen LogP contribution in [0.1, 0.15) is 65.7 Å². The standard InChI is InChI=1S/C21H29FO2/c1-12(23)15-4-5-16-14-11-19(22)18-10-13(24)6-8-21(18,3)17(14)7-9-20(15,16)2/h10,14-17,19H,4-9,11H2,1-3H3/t14-,15-,16+,17+,19-,20-,21+/m0/s1. The van der Waals surface area contributed by atoms with Gasteiger partial charge in [0.15, 0.2) is 5.78 Å². The summed E-state index contributed by atoms with van der Waals surface area (Å²) in [6.45, 7) is 6.23. The van der Waals surface area contributed by atoms with Crippen molar-refractivity contribution >= 4 is 11.6 Å². The summed E-state index contributed by atoms with van der Waals surface area (Å²) in [5.74, 6) is 1.91. The van der Waals surface area contributed by atoms with Gasteiger partial charge in [0.05, 0.1) is 0 Å². The number of rotatable bonds is 1. The Bertz CT molecular complexity index is 623. The molecule has 0 aromatic carbocycles. The molecule has 0 aromatic rings. The molecule has 0 N–H and O–H groups in total. The van der Waals surface area contributed by atoms with Crippen molar-refractivity contribution in [3.8, 4) is 0 Å². The van der Waals surface area contributed by atoms with Crippen LogP contribution in [0.2, 0.25) is 0 Å². The average Bonchev–Trinajstić information content (AvgIpc) is 2.87. The third-order valence-electron chi connectivity index (χ3n) is 8.43. The first-order valence-electron chi connectivity index (χ1n) is 9.67. The molecule has 0 aromatic heterocycles. The second-order valence-corrected chi connectivity index (χ2v) is 9.35. The zero-order chi connectivity index (χ0) is 17.3. The maximum absolute atomic E-state index is 15.1. The van der Waals surface area contributed by atoms with Crippen molar-refractivity contribution in [2.45, 2.75) is 71.9 Å². The van der Waals surface area contributed by atoms with E-state index in [1.54, 1.807) is 13.0 Å². The topological polar surface area (TPSA) is 34.1 Å². The Labute approximate surface area is 144 Å². The van der Waals surface area contributed by atoms with Crippen molar-refractivity contribution in [3.05, 3.63) is 11.6 Å². The van der Waals surface area contributed by atoms with E-state index in [1.807, 2.05) is 0 Å². The number of fused-ring (bicyclic) bond motifs is 5. The van der Waals surface area contributed by atoms with Crippen LogP contribution in [0, 0.1) is 34.5 Å². The number of allylic oxidation sites excluding steroid dienone is 1. The molecule has 24 heavy (non-hydrogen) atoms. The van der Waals surface area contributed by atoms with Crippen molar-refractivity contribution in [2.75, 3.05) is 0 Å². The third kappa shape index (κ3) is 2.05. The van der Waals surface area contributed by atoms with Gasteiger partial charge in [0.2, 0.25) is 0 Å². The van der Waals surface area contributed by atoms with Gasteiger partial charge in [-0.2, -0.15) is 0 Å². The normalized spacial score (nSPS) is 50.6. The molecule has 4 aliphatic carbocycles. The summed E-state index contributed by atoms with van der Waals surface area (Å²) in [4.78, 5) is 24.0. The summed E-state index contributed by atoms with van der Waals surface area (Å²) in [5.41, 5.74) is 0.699. The number of alkyl halides is 1. The lowest BCUT2D eigenvalue weighted by molar-refractivity contribution is -0.129. The predicted octanol–water partition coefficient (Wildman–Crippen LogP) is 4.67. The Morgan fingerprint density at radius 3 is 2.62 bits per heavy atom. The molecule has 3 saturated carbocycles. The quantitative estimate of drug-likeness (QED) is 0.699. The van der Waals surface area contributed by atoms with Crippen molar-refractivity contribution in [2.24, 2.45) is 34.5 Å². The molecule has 0 heterocycles. The summed E-state index contributed by atoms with van der Waals surface area (Å²) in [6, 6.07) is 0. The molecule has 0 bridgehead atoms. The van der Waals surface area contributed by atoms with Gasteiger partial charge < -0.3 is 0 Å². The molecule has 2 nitrogen and oxygen atoms in total. The lowest BCUT2D eigenvalue weighted by Crippen LogP contribution is -2.53. The van der Waals surface area contributed by atoms with Gasteiger partial charge in [0, 0.05) is 12.3 Å². The first-order chi connectivity index (χ1) is 11.3. The minimum atomic E-state index is -0.973. The average molecular weight is 332 g/mol. The van der Waals surface area contributed by atoms with Crippen molar-refractivity contribution in [1.82, 2.24) is 0 Å². The summed E-state index contributed by atoms with van der Waals surface area (Å²) < 4.78 is 15.1. The van der Waals surface area contributed by atoms with Crippen LogP contribution in [0.3, 0.4) is 0 Å². The fraction of sp³-hybridized carbons (Fsp3) is 0.810. The highest BCUT2D eigenvalue weighted by molar-refractivity contribution is 5.91. The molecule has 4 rings (SSSR count). The van der Waals surface area contributed by atoms with Crippen LogP contribution < -0.4 is 0 Å². The van der Waals surface area contributed by atoms with Crippen LogP contribution in [-0.2, 0) is 9.59 Å². The molecule has 0 aliphatic heterocycles. The maximum Gasteiger partial charge on any atom is 0.155 e. The fourth-order valence-corrected chi connectivity index (χ4v) is 7.23. The van der Waals surface area contributed by atoms with Crippen molar-refractivity contribution < 1.29 is 14.0 Å². The van der Waals surface area contributed by atoms with E-state index in [2.05, 4.69) is 13.8 Å². The predicted molar refractivity (Wildman–Crippen MR) is 91.2 cm³/mol. The number of Topliss-reactive ketones (excluding diaryl/α,β-unsaturated/α-hetero) is 1. The van der Waals surface area contributed by atoms with Crippen molar-refractivity contribution in [3.63, 3.8) is 0 Å². The van der Waals surface area contributed by atoms with Crippen LogP contribution in [0.4, 0.5) is 4.39 Å². The largest absolute Gasteiger partial charge is 0.300 e. The lowest BCUT2D eigenvalue weighted by atomic mass is 9.46. The van der Waals surface area contributed by atoms with Gasteiger partial charge in [-0.05, 0) is 85.7 Å². The molecule has 3 heteroatoms. The molecule has 0 saturated heterocycles. The lowest BCUT2D eigenvalue weighted by Gasteiger charge is -2.58. The van der Waals surface area contributed by atoms with E-state index >= 15 is 4.39 Å². The van der Waals surface area contributed by atoms with Crippen LogP contribution in [0.15, 0.2) is 11.6 Å². The zero-order valence-electron chi connectivity index (χ0n) is 15.1. The van der Waals surface area contributed by atoms with Gasteiger partial charge >= 0.3 is 0 Å². The van der Waals surface area contributed by atoms with Crippen LogP contribution in [0.5, 0.6) is 0 Å². The molecular weight excluding hydrogens is 303 g/mol. The monoisotopic (exact) mass is 332 g/mol. The Kier molecular flexibility index (Phi) is 3.61. The summed E-state index contributed by atoms with van der Waals surface area (Å²) in [5, 5.41) is 0. The number of hydrogen-bond acceptors (Lipinski definition) is 2. The summed E-state index contributed by atoms with van der Waals surface area (Å²) in [7, 11) is 0. The van der Waals surface area contributed by atoms with E-state index in [9.17, 15) is 9.59 Å². The van der Waals surface area contributed by atoms with Crippen molar-refractivity contribution in [1.29, 1.82) is 0 Å². The molecule has 4 aliphatic rings. The maximum atomic E-state index is 15.1. The number of ketones is 2. The molecule has 0 unspecified atom stereocenters. The minimum Gasteiger partial charge on any atom is -0.300 e. The SMILES string of the molecule is CC(=O)[C@@H]1CC[C@@H]2[C@@H]3C[C@H](F)C4=CC(=O)CC[C@]4(C)[C@@H]3CC[C@]21C. The van der Waals surface area contributed by atoms with Gasteiger partial charge in [-0.15, -0.1) is 0 Å². The third-order valence-corrected chi connectivity index (χ3v) is 8.43. The molecular formula is C21H29FO2. The first-order valence-corrected chi connectivity index (χ1v) is 9.67. The van der Waals surface area contributed by atoms with Gasteiger partial charge in [-0.3, -0.25) is 9.59 Å². The Morgan fingerprint density at radius 2 is 1.92 bits per heavy atom. The smallest absolute Gasteiger partial charge is 0.155 e. The summed E-state index contributed by atoms with van der Waals surface area (Å²) in [6.07, 6.45) is 6.80. The Morgan fingerprint density at radius 1 is 1.17 bits per heavy atom. The van der Waals surface area contributed by atoms with Crippen LogP contribution in [-0.4, -0.2) is 17.7 Å². The Hall–Kier alpha value is -0.990. The molecule has 7 atom stereocenters. The molecule has 3 fully saturated rings. The minimum absolute atomic E-state index is 0.0643. The van der Waals surface area contributed by atoms with E-state index in [0.717, 1.165) is 37.7 Å². The first kappa shape index (κ1) is 16.5. The molecule has 132 valence electrons. The highest BCUT2D eigenvalue weighted by Crippen LogP contribution is 2.66. The second kappa shape index (κ2) is 5.25. The number of carbonyl (C=O) groups excluding carboxylic acids is 2. The van der Waals surface area contributed by atoms with Crippen LogP contribution in [0.25, 0.3) is 0 Å².